The number of alkyl halides is 3. The minimum Gasteiger partial charge on any atom is -0.453 e. The summed E-state index contributed by atoms with van der Waals surface area (Å²) in [5.74, 6) is -3.90. The molecule has 0 aliphatic carbocycles. The molecule has 6 amide bonds. The average molecular weight is 731 g/mol. The van der Waals surface area contributed by atoms with Gasteiger partial charge in [0, 0.05) is 42.7 Å². The Hall–Kier alpha value is -6.11. The summed E-state index contributed by atoms with van der Waals surface area (Å²) < 4.78 is 45.9. The van der Waals surface area contributed by atoms with Crippen molar-refractivity contribution < 1.29 is 51.9 Å². The number of halogens is 3. The van der Waals surface area contributed by atoms with Gasteiger partial charge in [-0.25, -0.2) is 20.2 Å². The van der Waals surface area contributed by atoms with Crippen molar-refractivity contribution in [2.75, 3.05) is 24.3 Å². The second-order valence-electron chi connectivity index (χ2n) is 11.4. The van der Waals surface area contributed by atoms with E-state index in [1.165, 1.54) is 30.6 Å². The lowest BCUT2D eigenvalue weighted by Gasteiger charge is -2.15. The summed E-state index contributed by atoms with van der Waals surface area (Å²) >= 11 is 0. The van der Waals surface area contributed by atoms with Crippen LogP contribution in [-0.4, -0.2) is 70.5 Å². The second-order valence-corrected chi connectivity index (χ2v) is 11.4. The van der Waals surface area contributed by atoms with Gasteiger partial charge in [0.25, 0.3) is 23.6 Å². The maximum Gasteiger partial charge on any atom is 0.416 e. The molecule has 2 aromatic carbocycles. The Bertz CT molecular complexity index is 1840. The minimum absolute atomic E-state index is 0.0254. The summed E-state index contributed by atoms with van der Waals surface area (Å²) in [5.41, 5.74) is -0.598. The number of rotatable bonds is 14. The van der Waals surface area contributed by atoms with Crippen LogP contribution in [0.5, 0.6) is 0 Å². The standard InChI is InChI=1S/C33H37F3N8O8/c1-17(2)39-28(46)19-10-11-22(30(48)37-12-6-5-7-27(45)44-51)23(13-19)31(49)43-26-15-25(40-18(3)41-26)42-29(47)20-8-9-21(16-38-32(50)52-4)24(14-20)33(34,35)36/h8-11,13-15,17,51H,5-7,12,16H2,1-4H3,(H,37,48)(H,38,50)(H,39,46)(H,44,45)(H2,40,41,42,43,47,49). The molecule has 19 heteroatoms. The first-order valence-electron chi connectivity index (χ1n) is 15.7. The number of unbranched alkanes of at least 4 members (excludes halogenated alkanes) is 1. The molecule has 52 heavy (non-hydrogen) atoms. The summed E-state index contributed by atoms with van der Waals surface area (Å²) in [5, 5.41) is 21.0. The van der Waals surface area contributed by atoms with Gasteiger partial charge in [0.2, 0.25) is 5.91 Å². The molecule has 0 radical (unpaired) electrons. The average Bonchev–Trinajstić information content (AvgIpc) is 3.08. The molecule has 0 saturated carbocycles. The molecule has 1 aromatic heterocycles. The van der Waals surface area contributed by atoms with E-state index in [9.17, 15) is 41.9 Å². The predicted molar refractivity (Wildman–Crippen MR) is 179 cm³/mol. The van der Waals surface area contributed by atoms with Crippen LogP contribution in [-0.2, 0) is 22.3 Å². The number of aromatic nitrogens is 2. The first-order valence-corrected chi connectivity index (χ1v) is 15.7. The van der Waals surface area contributed by atoms with Crippen LogP contribution in [0.25, 0.3) is 0 Å². The molecule has 7 N–H and O–H groups in total. The van der Waals surface area contributed by atoms with Gasteiger partial charge in [0.15, 0.2) is 0 Å². The van der Waals surface area contributed by atoms with Crippen molar-refractivity contribution in [1.29, 1.82) is 0 Å². The molecule has 0 bridgehead atoms. The van der Waals surface area contributed by atoms with Crippen LogP contribution >= 0.6 is 0 Å². The molecule has 0 spiro atoms. The number of hydrogen-bond donors (Lipinski definition) is 7. The predicted octanol–water partition coefficient (Wildman–Crippen LogP) is 3.71. The van der Waals surface area contributed by atoms with Gasteiger partial charge in [-0.3, -0.25) is 29.2 Å². The molecule has 0 saturated heterocycles. The van der Waals surface area contributed by atoms with Gasteiger partial charge < -0.3 is 31.3 Å². The Morgan fingerprint density at radius 2 is 1.44 bits per heavy atom. The number of nitrogens with zero attached hydrogens (tertiary/aromatic N) is 2. The van der Waals surface area contributed by atoms with Crippen molar-refractivity contribution in [3.63, 3.8) is 0 Å². The maximum atomic E-state index is 13.8. The number of hydroxylamine groups is 1. The number of anilines is 2. The molecule has 3 aromatic rings. The third kappa shape index (κ3) is 11.8. The van der Waals surface area contributed by atoms with Crippen molar-refractivity contribution in [3.8, 4) is 0 Å². The van der Waals surface area contributed by atoms with Crippen molar-refractivity contribution in [2.24, 2.45) is 0 Å². The van der Waals surface area contributed by atoms with Crippen molar-refractivity contribution in [2.45, 2.75) is 58.8 Å². The molecule has 0 aliphatic rings. The van der Waals surface area contributed by atoms with Crippen molar-refractivity contribution in [3.05, 3.63) is 81.7 Å². The molecule has 278 valence electrons. The Morgan fingerprint density at radius 3 is 2.06 bits per heavy atom. The van der Waals surface area contributed by atoms with Crippen LogP contribution in [0.1, 0.15) is 91.5 Å². The van der Waals surface area contributed by atoms with E-state index in [4.69, 9.17) is 5.21 Å². The monoisotopic (exact) mass is 730 g/mol. The normalized spacial score (nSPS) is 10.9. The van der Waals surface area contributed by atoms with Gasteiger partial charge in [-0.05, 0) is 69.5 Å². The largest absolute Gasteiger partial charge is 0.453 e. The second kappa shape index (κ2) is 18.2. The number of hydrogen-bond acceptors (Lipinski definition) is 10. The molecular weight excluding hydrogens is 693 g/mol. The van der Waals surface area contributed by atoms with E-state index in [1.807, 2.05) is 0 Å². The van der Waals surface area contributed by atoms with Gasteiger partial charge in [-0.2, -0.15) is 13.2 Å². The van der Waals surface area contributed by atoms with Gasteiger partial charge in [0.05, 0.1) is 23.8 Å². The lowest BCUT2D eigenvalue weighted by Crippen LogP contribution is -2.31. The van der Waals surface area contributed by atoms with E-state index in [0.717, 1.165) is 25.3 Å². The zero-order valence-electron chi connectivity index (χ0n) is 28.5. The fourth-order valence-electron chi connectivity index (χ4n) is 4.62. The SMILES string of the molecule is COC(=O)NCc1ccc(C(=O)Nc2cc(NC(=O)c3cc(C(=O)NC(C)C)ccc3C(=O)NCCCCC(=O)NO)nc(C)n2)cc1C(F)(F)F. The zero-order valence-corrected chi connectivity index (χ0v) is 28.5. The molecule has 0 fully saturated rings. The number of carbonyl (C=O) groups is 6. The lowest BCUT2D eigenvalue weighted by atomic mass is 10.0. The number of carbonyl (C=O) groups excluding carboxylic acids is 6. The fraction of sp³-hybridized carbons (Fsp3) is 0.333. The van der Waals surface area contributed by atoms with Crippen LogP contribution in [0, 0.1) is 6.92 Å². The summed E-state index contributed by atoms with van der Waals surface area (Å²) in [4.78, 5) is 83.2. The van der Waals surface area contributed by atoms with E-state index in [2.05, 4.69) is 41.3 Å². The Balaban J connectivity index is 1.85. The van der Waals surface area contributed by atoms with E-state index in [-0.39, 0.29) is 64.3 Å². The highest BCUT2D eigenvalue weighted by Crippen LogP contribution is 2.33. The molecule has 3 rings (SSSR count). The van der Waals surface area contributed by atoms with E-state index in [0.29, 0.717) is 18.9 Å². The highest BCUT2D eigenvalue weighted by molar-refractivity contribution is 6.13. The number of aryl methyl sites for hydroxylation is 1. The Morgan fingerprint density at radius 1 is 0.808 bits per heavy atom. The number of methoxy groups -OCH3 is 1. The van der Waals surface area contributed by atoms with Crippen LogP contribution in [0.15, 0.2) is 42.5 Å². The van der Waals surface area contributed by atoms with Gasteiger partial charge in [-0.1, -0.05) is 6.07 Å². The summed E-state index contributed by atoms with van der Waals surface area (Å²) in [6, 6.07) is 7.54. The topological polar surface area (TPSA) is 230 Å². The zero-order chi connectivity index (χ0) is 38.6. The molecule has 16 nitrogen and oxygen atoms in total. The first-order chi connectivity index (χ1) is 24.5. The Labute approximate surface area is 295 Å². The van der Waals surface area contributed by atoms with E-state index >= 15 is 0 Å². The summed E-state index contributed by atoms with van der Waals surface area (Å²) in [6.45, 7) is 4.51. The number of alkyl carbamates (subject to hydrolysis) is 1. The van der Waals surface area contributed by atoms with Crippen LogP contribution < -0.4 is 32.1 Å². The molecule has 0 atom stereocenters. The van der Waals surface area contributed by atoms with Crippen LogP contribution in [0.3, 0.4) is 0 Å². The number of benzene rings is 2. The molecular formula is C33H37F3N8O8. The van der Waals surface area contributed by atoms with Crippen LogP contribution in [0.2, 0.25) is 0 Å². The lowest BCUT2D eigenvalue weighted by molar-refractivity contribution is -0.138. The summed E-state index contributed by atoms with van der Waals surface area (Å²) in [7, 11) is 1.05. The quantitative estimate of drug-likeness (QED) is 0.0722. The molecule has 0 aliphatic heterocycles. The number of amides is 6. The number of ether oxygens (including phenoxy) is 1. The molecule has 0 unspecified atom stereocenters. The van der Waals surface area contributed by atoms with Crippen LogP contribution in [0.4, 0.5) is 29.6 Å². The minimum atomic E-state index is -4.87. The van der Waals surface area contributed by atoms with E-state index in [1.54, 1.807) is 13.8 Å². The maximum absolute atomic E-state index is 13.8. The highest BCUT2D eigenvalue weighted by atomic mass is 19.4. The third-order valence-corrected chi connectivity index (χ3v) is 7.04. The first kappa shape index (κ1) is 40.3. The van der Waals surface area contributed by atoms with E-state index < -0.39 is 53.9 Å². The third-order valence-electron chi connectivity index (χ3n) is 7.04. The van der Waals surface area contributed by atoms with Crippen molar-refractivity contribution in [1.82, 2.24) is 31.4 Å². The van der Waals surface area contributed by atoms with Gasteiger partial charge in [0.1, 0.15) is 17.5 Å². The van der Waals surface area contributed by atoms with Gasteiger partial charge >= 0.3 is 12.3 Å². The smallest absolute Gasteiger partial charge is 0.416 e. The highest BCUT2D eigenvalue weighted by Gasteiger charge is 2.34. The number of nitrogens with one attached hydrogen (secondary N) is 6. The fourth-order valence-corrected chi connectivity index (χ4v) is 4.62. The van der Waals surface area contributed by atoms with Gasteiger partial charge in [-0.15, -0.1) is 0 Å². The van der Waals surface area contributed by atoms with Crippen molar-refractivity contribution >= 4 is 47.3 Å². The Kier molecular flexibility index (Phi) is 14.1. The summed E-state index contributed by atoms with van der Waals surface area (Å²) in [6.07, 6.45) is -5.06. The molecule has 1 heterocycles.